The molecule has 0 unspecified atom stereocenters. The van der Waals surface area contributed by atoms with Gasteiger partial charge in [-0.15, -0.1) is 0 Å². The van der Waals surface area contributed by atoms with E-state index in [4.69, 9.17) is 4.74 Å². The number of rotatable bonds is 14. The normalized spacial score (nSPS) is 26.2. The van der Waals surface area contributed by atoms with E-state index in [0.29, 0.717) is 0 Å². The van der Waals surface area contributed by atoms with Crippen molar-refractivity contribution in [2.24, 2.45) is 23.7 Å². The molecule has 0 aliphatic heterocycles. The Morgan fingerprint density at radius 3 is 1.69 bits per heavy atom. The van der Waals surface area contributed by atoms with Crippen LogP contribution in [-0.2, 0) is 6.42 Å². The minimum absolute atomic E-state index is 0.885. The molecule has 2 aliphatic carbocycles. The van der Waals surface area contributed by atoms with Crippen molar-refractivity contribution < 1.29 is 4.74 Å². The van der Waals surface area contributed by atoms with Gasteiger partial charge in [-0.05, 0) is 67.1 Å². The molecule has 1 aromatic carbocycles. The molecule has 2 saturated carbocycles. The molecule has 32 heavy (non-hydrogen) atoms. The van der Waals surface area contributed by atoms with Crippen molar-refractivity contribution in [3.05, 3.63) is 29.8 Å². The van der Waals surface area contributed by atoms with Crippen LogP contribution in [0.4, 0.5) is 0 Å². The van der Waals surface area contributed by atoms with E-state index in [1.165, 1.54) is 121 Å². The molecule has 0 spiro atoms. The SMILES string of the molecule is CCCCC[C@H]1CC[C@H](CCc2ccc(OCCC[C@H]3CC[C@H](CCC)CC3)cc2)CC1. The van der Waals surface area contributed by atoms with Crippen molar-refractivity contribution in [3.63, 3.8) is 0 Å². The molecule has 0 saturated heterocycles. The number of aryl methyl sites for hydroxylation is 1. The second-order valence-corrected chi connectivity index (χ2v) is 11.2. The molecule has 2 aliphatic rings. The summed E-state index contributed by atoms with van der Waals surface area (Å²) in [5, 5.41) is 0. The van der Waals surface area contributed by atoms with E-state index >= 15 is 0 Å². The molecule has 1 heteroatoms. The number of unbranched alkanes of at least 4 members (excludes halogenated alkanes) is 2. The molecular weight excluding hydrogens is 388 g/mol. The van der Waals surface area contributed by atoms with Crippen molar-refractivity contribution in [1.29, 1.82) is 0 Å². The van der Waals surface area contributed by atoms with Crippen molar-refractivity contribution in [3.8, 4) is 5.75 Å². The average Bonchev–Trinajstić information content (AvgIpc) is 2.83. The minimum Gasteiger partial charge on any atom is -0.494 e. The van der Waals surface area contributed by atoms with Crippen LogP contribution in [0.3, 0.4) is 0 Å². The lowest BCUT2D eigenvalue weighted by Gasteiger charge is -2.28. The van der Waals surface area contributed by atoms with Crippen LogP contribution in [0.2, 0.25) is 0 Å². The largest absolute Gasteiger partial charge is 0.494 e. The van der Waals surface area contributed by atoms with Crippen molar-refractivity contribution in [1.82, 2.24) is 0 Å². The first-order chi connectivity index (χ1) is 15.8. The molecule has 0 aromatic heterocycles. The number of ether oxygens (including phenoxy) is 1. The standard InChI is InChI=1S/C31H52O/c1-3-5-6-9-27-15-17-29(18-16-27)19-20-30-21-23-31(24-22-30)32-25-7-10-28-13-11-26(8-4-2)12-14-28/h21-24,26-29H,3-20,25H2,1-2H3/t26-,27-,28-,29-. The first-order valence-corrected chi connectivity index (χ1v) is 14.5. The first-order valence-electron chi connectivity index (χ1n) is 14.5. The van der Waals surface area contributed by atoms with E-state index in [1.54, 1.807) is 0 Å². The van der Waals surface area contributed by atoms with E-state index in [-0.39, 0.29) is 0 Å². The zero-order chi connectivity index (χ0) is 22.4. The molecule has 0 bridgehead atoms. The van der Waals surface area contributed by atoms with Gasteiger partial charge in [-0.25, -0.2) is 0 Å². The highest BCUT2D eigenvalue weighted by atomic mass is 16.5. The maximum absolute atomic E-state index is 6.06. The van der Waals surface area contributed by atoms with Gasteiger partial charge < -0.3 is 4.74 Å². The summed E-state index contributed by atoms with van der Waals surface area (Å²) in [7, 11) is 0. The van der Waals surface area contributed by atoms with Gasteiger partial charge in [0.25, 0.3) is 0 Å². The summed E-state index contributed by atoms with van der Waals surface area (Å²) < 4.78 is 6.06. The Morgan fingerprint density at radius 2 is 1.12 bits per heavy atom. The molecule has 0 atom stereocenters. The Labute approximate surface area is 200 Å². The highest BCUT2D eigenvalue weighted by Gasteiger charge is 2.21. The molecule has 0 radical (unpaired) electrons. The molecule has 3 rings (SSSR count). The van der Waals surface area contributed by atoms with E-state index in [1.807, 2.05) is 0 Å². The lowest BCUT2D eigenvalue weighted by Crippen LogP contribution is -2.15. The van der Waals surface area contributed by atoms with Crippen LogP contribution in [0.25, 0.3) is 0 Å². The van der Waals surface area contributed by atoms with E-state index in [2.05, 4.69) is 38.1 Å². The Bertz CT molecular complexity index is 575. The number of benzene rings is 1. The van der Waals surface area contributed by atoms with Crippen LogP contribution >= 0.6 is 0 Å². The smallest absolute Gasteiger partial charge is 0.119 e. The van der Waals surface area contributed by atoms with Crippen LogP contribution in [0.15, 0.2) is 24.3 Å². The third-order valence-corrected chi connectivity index (χ3v) is 8.64. The number of hydrogen-bond acceptors (Lipinski definition) is 1. The van der Waals surface area contributed by atoms with Crippen molar-refractivity contribution >= 4 is 0 Å². The lowest BCUT2D eigenvalue weighted by atomic mass is 9.78. The van der Waals surface area contributed by atoms with Crippen molar-refractivity contribution in [2.45, 2.75) is 129 Å². The summed E-state index contributed by atoms with van der Waals surface area (Å²) in [6, 6.07) is 9.02. The summed E-state index contributed by atoms with van der Waals surface area (Å²) in [5.74, 6) is 5.04. The van der Waals surface area contributed by atoms with Crippen LogP contribution in [0, 0.1) is 23.7 Å². The Balaban J connectivity index is 1.23. The maximum Gasteiger partial charge on any atom is 0.119 e. The highest BCUT2D eigenvalue weighted by molar-refractivity contribution is 5.27. The molecule has 1 nitrogen and oxygen atoms in total. The zero-order valence-corrected chi connectivity index (χ0v) is 21.5. The monoisotopic (exact) mass is 440 g/mol. The lowest BCUT2D eigenvalue weighted by molar-refractivity contribution is 0.230. The van der Waals surface area contributed by atoms with Crippen LogP contribution in [-0.4, -0.2) is 6.61 Å². The number of hydrogen-bond donors (Lipinski definition) is 0. The molecule has 2 fully saturated rings. The zero-order valence-electron chi connectivity index (χ0n) is 21.5. The Kier molecular flexibility index (Phi) is 12.0. The summed E-state index contributed by atoms with van der Waals surface area (Å²) in [6.07, 6.45) is 25.5. The third kappa shape index (κ3) is 9.48. The molecule has 182 valence electrons. The summed E-state index contributed by atoms with van der Waals surface area (Å²) in [6.45, 7) is 5.53. The van der Waals surface area contributed by atoms with Gasteiger partial charge in [0.2, 0.25) is 0 Å². The fourth-order valence-corrected chi connectivity index (χ4v) is 6.39. The van der Waals surface area contributed by atoms with Gasteiger partial charge in [0.15, 0.2) is 0 Å². The van der Waals surface area contributed by atoms with Gasteiger partial charge >= 0.3 is 0 Å². The van der Waals surface area contributed by atoms with Crippen LogP contribution in [0.5, 0.6) is 5.75 Å². The quantitative estimate of drug-likeness (QED) is 0.261. The molecular formula is C31H52O. The molecule has 0 heterocycles. The molecule has 1 aromatic rings. The fourth-order valence-electron chi connectivity index (χ4n) is 6.39. The summed E-state index contributed by atoms with van der Waals surface area (Å²) >= 11 is 0. The van der Waals surface area contributed by atoms with E-state index in [9.17, 15) is 0 Å². The molecule has 0 amide bonds. The van der Waals surface area contributed by atoms with Gasteiger partial charge in [-0.2, -0.15) is 0 Å². The van der Waals surface area contributed by atoms with Gasteiger partial charge in [-0.1, -0.05) is 116 Å². The van der Waals surface area contributed by atoms with Crippen molar-refractivity contribution in [2.75, 3.05) is 6.61 Å². The van der Waals surface area contributed by atoms with E-state index < -0.39 is 0 Å². The maximum atomic E-state index is 6.06. The fraction of sp³-hybridized carbons (Fsp3) is 0.806. The van der Waals surface area contributed by atoms with Gasteiger partial charge in [0.1, 0.15) is 5.75 Å². The molecule has 0 N–H and O–H groups in total. The van der Waals surface area contributed by atoms with Gasteiger partial charge in [0, 0.05) is 0 Å². The van der Waals surface area contributed by atoms with Gasteiger partial charge in [0.05, 0.1) is 6.61 Å². The Morgan fingerprint density at radius 1 is 0.594 bits per heavy atom. The average molecular weight is 441 g/mol. The third-order valence-electron chi connectivity index (χ3n) is 8.64. The second kappa shape index (κ2) is 15.0. The second-order valence-electron chi connectivity index (χ2n) is 11.2. The van der Waals surface area contributed by atoms with Crippen LogP contribution in [0.1, 0.15) is 129 Å². The minimum atomic E-state index is 0.885. The topological polar surface area (TPSA) is 9.23 Å². The Hall–Kier alpha value is -0.980. The highest BCUT2D eigenvalue weighted by Crippen LogP contribution is 2.35. The summed E-state index contributed by atoms with van der Waals surface area (Å²) in [4.78, 5) is 0. The summed E-state index contributed by atoms with van der Waals surface area (Å²) in [5.41, 5.74) is 1.49. The van der Waals surface area contributed by atoms with E-state index in [0.717, 1.165) is 36.0 Å². The predicted molar refractivity (Wildman–Crippen MR) is 139 cm³/mol. The first kappa shape index (κ1) is 25.6. The van der Waals surface area contributed by atoms with Gasteiger partial charge in [-0.3, -0.25) is 0 Å². The van der Waals surface area contributed by atoms with Crippen LogP contribution < -0.4 is 4.74 Å². The predicted octanol–water partition coefficient (Wildman–Crippen LogP) is 9.77.